The molecule has 1 rings (SSSR count). The number of rotatable bonds is 3. The minimum atomic E-state index is 1.00. The summed E-state index contributed by atoms with van der Waals surface area (Å²) >= 11 is 0. The van der Waals surface area contributed by atoms with Crippen molar-refractivity contribution < 1.29 is 0 Å². The molecular weight excluding hydrogens is 144 g/mol. The van der Waals surface area contributed by atoms with Crippen LogP contribution in [0, 0.1) is 17.8 Å². The summed E-state index contributed by atoms with van der Waals surface area (Å²) in [5, 5.41) is 0. The molecule has 3 atom stereocenters. The Morgan fingerprint density at radius 3 is 2.42 bits per heavy atom. The third kappa shape index (κ3) is 2.50. The van der Waals surface area contributed by atoms with Crippen LogP contribution in [0.4, 0.5) is 0 Å². The van der Waals surface area contributed by atoms with Crippen molar-refractivity contribution >= 4 is 0 Å². The van der Waals surface area contributed by atoms with Gasteiger partial charge in [-0.15, -0.1) is 0 Å². The molecular formula is C12H24. The monoisotopic (exact) mass is 168 g/mol. The van der Waals surface area contributed by atoms with Crippen LogP contribution in [0.25, 0.3) is 0 Å². The van der Waals surface area contributed by atoms with Gasteiger partial charge in [0, 0.05) is 0 Å². The van der Waals surface area contributed by atoms with Crippen LogP contribution in [0.2, 0.25) is 0 Å². The smallest absolute Gasteiger partial charge is 0.0391 e. The molecule has 0 nitrogen and oxygen atoms in total. The lowest BCUT2D eigenvalue weighted by molar-refractivity contribution is 0.181. The van der Waals surface area contributed by atoms with Crippen LogP contribution in [0.1, 0.15) is 59.3 Å². The van der Waals surface area contributed by atoms with E-state index in [1.165, 1.54) is 38.5 Å². The summed E-state index contributed by atoms with van der Waals surface area (Å²) in [7, 11) is 0. The molecule has 0 radical (unpaired) electrons. The molecule has 0 bridgehead atoms. The highest BCUT2D eigenvalue weighted by Gasteiger charge is 2.25. The Labute approximate surface area is 77.7 Å². The Morgan fingerprint density at radius 1 is 1.17 bits per heavy atom. The first-order chi connectivity index (χ1) is 5.77. The number of hydrogen-bond acceptors (Lipinski definition) is 0. The lowest BCUT2D eigenvalue weighted by Crippen LogP contribution is -2.22. The van der Waals surface area contributed by atoms with Crippen molar-refractivity contribution in [3.8, 4) is 0 Å². The van der Waals surface area contributed by atoms with E-state index in [0.29, 0.717) is 0 Å². The maximum absolute atomic E-state index is 2.45. The molecule has 12 heavy (non-hydrogen) atoms. The lowest BCUT2D eigenvalue weighted by Gasteiger charge is -2.33. The third-order valence-corrected chi connectivity index (χ3v) is 3.68. The van der Waals surface area contributed by atoms with Crippen molar-refractivity contribution in [2.24, 2.45) is 17.8 Å². The molecule has 0 aromatic heterocycles. The van der Waals surface area contributed by atoms with E-state index in [2.05, 4.69) is 20.8 Å². The van der Waals surface area contributed by atoms with Crippen molar-refractivity contribution in [2.45, 2.75) is 59.3 Å². The first-order valence-electron chi connectivity index (χ1n) is 5.77. The van der Waals surface area contributed by atoms with Crippen molar-refractivity contribution in [1.29, 1.82) is 0 Å². The summed E-state index contributed by atoms with van der Waals surface area (Å²) in [5.41, 5.74) is 0. The van der Waals surface area contributed by atoms with E-state index < -0.39 is 0 Å². The van der Waals surface area contributed by atoms with Crippen molar-refractivity contribution in [2.75, 3.05) is 0 Å². The van der Waals surface area contributed by atoms with Crippen LogP contribution in [0.5, 0.6) is 0 Å². The van der Waals surface area contributed by atoms with Crippen LogP contribution in [-0.4, -0.2) is 0 Å². The predicted molar refractivity (Wildman–Crippen MR) is 55.2 cm³/mol. The van der Waals surface area contributed by atoms with Gasteiger partial charge in [-0.1, -0.05) is 46.5 Å². The van der Waals surface area contributed by atoms with Gasteiger partial charge in [-0.3, -0.25) is 0 Å². The SMILES string of the molecule is CCCC1CCC(CC)[C@H](C)C1. The quantitative estimate of drug-likeness (QED) is 0.591. The zero-order valence-corrected chi connectivity index (χ0v) is 8.97. The molecule has 0 aromatic rings. The van der Waals surface area contributed by atoms with Gasteiger partial charge >= 0.3 is 0 Å². The average molecular weight is 168 g/mol. The summed E-state index contributed by atoms with van der Waals surface area (Å²) in [6.45, 7) is 7.12. The van der Waals surface area contributed by atoms with E-state index >= 15 is 0 Å². The molecule has 1 aliphatic rings. The maximum Gasteiger partial charge on any atom is -0.0391 e. The fraction of sp³-hybridized carbons (Fsp3) is 1.00. The van der Waals surface area contributed by atoms with E-state index in [1.807, 2.05) is 0 Å². The molecule has 0 saturated heterocycles. The fourth-order valence-corrected chi connectivity index (χ4v) is 2.85. The van der Waals surface area contributed by atoms with Gasteiger partial charge in [0.1, 0.15) is 0 Å². The Balaban J connectivity index is 2.30. The zero-order valence-electron chi connectivity index (χ0n) is 8.97. The molecule has 0 amide bonds. The predicted octanol–water partition coefficient (Wildman–Crippen LogP) is 4.25. The molecule has 0 heteroatoms. The summed E-state index contributed by atoms with van der Waals surface area (Å²) < 4.78 is 0. The van der Waals surface area contributed by atoms with E-state index in [9.17, 15) is 0 Å². The summed E-state index contributed by atoms with van der Waals surface area (Å²) in [5.74, 6) is 3.10. The molecule has 0 N–H and O–H groups in total. The molecule has 1 fully saturated rings. The molecule has 0 spiro atoms. The van der Waals surface area contributed by atoms with Crippen LogP contribution in [-0.2, 0) is 0 Å². The largest absolute Gasteiger partial charge is 0.0654 e. The highest BCUT2D eigenvalue weighted by molar-refractivity contribution is 4.76. The maximum atomic E-state index is 2.45. The van der Waals surface area contributed by atoms with Gasteiger partial charge in [-0.2, -0.15) is 0 Å². The minimum Gasteiger partial charge on any atom is -0.0654 e. The van der Waals surface area contributed by atoms with Crippen molar-refractivity contribution in [3.05, 3.63) is 0 Å². The highest BCUT2D eigenvalue weighted by atomic mass is 14.3. The molecule has 0 heterocycles. The average Bonchev–Trinajstić information content (AvgIpc) is 2.05. The van der Waals surface area contributed by atoms with Crippen LogP contribution < -0.4 is 0 Å². The topological polar surface area (TPSA) is 0 Å². The van der Waals surface area contributed by atoms with Gasteiger partial charge in [0.15, 0.2) is 0 Å². The fourth-order valence-electron chi connectivity index (χ4n) is 2.85. The molecule has 72 valence electrons. The first kappa shape index (κ1) is 10.1. The van der Waals surface area contributed by atoms with Gasteiger partial charge in [0.25, 0.3) is 0 Å². The van der Waals surface area contributed by atoms with Crippen LogP contribution >= 0.6 is 0 Å². The standard InChI is InChI=1S/C12H24/c1-4-6-11-7-8-12(5-2)10(3)9-11/h10-12H,4-9H2,1-3H3/t10-,11?,12?/m1/s1. The van der Waals surface area contributed by atoms with Crippen LogP contribution in [0.3, 0.4) is 0 Å². The van der Waals surface area contributed by atoms with Gasteiger partial charge in [-0.25, -0.2) is 0 Å². The van der Waals surface area contributed by atoms with Gasteiger partial charge in [0.05, 0.1) is 0 Å². The zero-order chi connectivity index (χ0) is 8.97. The molecule has 1 aliphatic carbocycles. The second-order valence-electron chi connectivity index (χ2n) is 4.61. The van der Waals surface area contributed by atoms with Gasteiger partial charge < -0.3 is 0 Å². The van der Waals surface area contributed by atoms with E-state index in [1.54, 1.807) is 0 Å². The lowest BCUT2D eigenvalue weighted by atomic mass is 9.73. The number of hydrogen-bond donors (Lipinski definition) is 0. The molecule has 0 aromatic carbocycles. The second-order valence-corrected chi connectivity index (χ2v) is 4.61. The Hall–Kier alpha value is 0. The second kappa shape index (κ2) is 4.89. The summed E-state index contributed by atoms with van der Waals surface area (Å²) in [6, 6.07) is 0. The summed E-state index contributed by atoms with van der Waals surface area (Å²) in [6.07, 6.45) is 8.78. The normalized spacial score (nSPS) is 36.8. The van der Waals surface area contributed by atoms with Crippen molar-refractivity contribution in [3.63, 3.8) is 0 Å². The Bertz CT molecular complexity index is 117. The van der Waals surface area contributed by atoms with Gasteiger partial charge in [-0.05, 0) is 30.6 Å². The van der Waals surface area contributed by atoms with Crippen molar-refractivity contribution in [1.82, 2.24) is 0 Å². The Morgan fingerprint density at radius 2 is 1.92 bits per heavy atom. The molecule has 0 aliphatic heterocycles. The van der Waals surface area contributed by atoms with E-state index in [4.69, 9.17) is 0 Å². The first-order valence-corrected chi connectivity index (χ1v) is 5.77. The molecule has 2 unspecified atom stereocenters. The van der Waals surface area contributed by atoms with E-state index in [0.717, 1.165) is 17.8 Å². The third-order valence-electron chi connectivity index (χ3n) is 3.68. The van der Waals surface area contributed by atoms with E-state index in [-0.39, 0.29) is 0 Å². The minimum absolute atomic E-state index is 1.00. The summed E-state index contributed by atoms with van der Waals surface area (Å²) in [4.78, 5) is 0. The molecule has 1 saturated carbocycles. The highest BCUT2D eigenvalue weighted by Crippen LogP contribution is 2.37. The van der Waals surface area contributed by atoms with Gasteiger partial charge in [0.2, 0.25) is 0 Å². The van der Waals surface area contributed by atoms with Crippen LogP contribution in [0.15, 0.2) is 0 Å². The Kier molecular flexibility index (Phi) is 4.11.